The van der Waals surface area contributed by atoms with Crippen LogP contribution in [0, 0.1) is 12.3 Å². The van der Waals surface area contributed by atoms with Crippen LogP contribution < -0.4 is 5.73 Å². The van der Waals surface area contributed by atoms with Crippen molar-refractivity contribution in [2.45, 2.75) is 60.8 Å². The highest BCUT2D eigenvalue weighted by atomic mass is 32.5. The molecule has 0 bridgehead atoms. The summed E-state index contributed by atoms with van der Waals surface area (Å²) in [5.41, 5.74) is 3.94. The Morgan fingerprint density at radius 2 is 1.93 bits per heavy atom. The first-order valence-electron chi connectivity index (χ1n) is 11.8. The van der Waals surface area contributed by atoms with Crippen molar-refractivity contribution in [1.82, 2.24) is 14.6 Å². The molecular weight excluding hydrogens is 633 g/mol. The van der Waals surface area contributed by atoms with E-state index in [2.05, 4.69) is 18.9 Å². The number of fused-ring (bicyclic) bond motifs is 1. The minimum Gasteiger partial charge on any atom is -0.393 e. The van der Waals surface area contributed by atoms with Gasteiger partial charge in [0.05, 0.1) is 18.9 Å². The fourth-order valence-electron chi connectivity index (χ4n) is 4.39. The lowest BCUT2D eigenvalue weighted by atomic mass is 9.90. The normalized spacial score (nSPS) is 37.1. The van der Waals surface area contributed by atoms with E-state index in [1.54, 1.807) is 0 Å². The summed E-state index contributed by atoms with van der Waals surface area (Å²) in [7, 11) is -5.53. The van der Waals surface area contributed by atoms with E-state index in [4.69, 9.17) is 43.1 Å². The van der Waals surface area contributed by atoms with Crippen molar-refractivity contribution in [3.63, 3.8) is 0 Å². The number of rotatable bonds is 10. The number of aliphatic hydroxyl groups is 6. The van der Waals surface area contributed by atoms with Crippen LogP contribution >= 0.6 is 14.5 Å². The van der Waals surface area contributed by atoms with Crippen LogP contribution in [-0.4, -0.2) is 123 Å². The number of nitrogens with zero attached hydrogens (tertiary/aromatic N) is 3. The van der Waals surface area contributed by atoms with Crippen molar-refractivity contribution in [1.29, 1.82) is 0 Å². The number of alkyl halides is 1. The monoisotopic (exact) mass is 660 g/mol. The molecule has 7 unspecified atom stereocenters. The predicted octanol–water partition coefficient (Wildman–Crippen LogP) is -3.02. The van der Waals surface area contributed by atoms with E-state index >= 15 is 0 Å². The maximum Gasteiger partial charge on any atom is 0.481 e. The van der Waals surface area contributed by atoms with Crippen molar-refractivity contribution < 1.29 is 72.2 Å². The SMILES string of the molecule is C#C[C@@]1(O)[C@H](O)[C@@H](COP(O)(=S)OP(=O)(O)OC2OC([C@@H](F)CO)C(O)C(O)C2O)O[C@H]1c1ccc2c(N)ncnn12. The molecule has 4 rings (SSSR count). The van der Waals surface area contributed by atoms with Crippen molar-refractivity contribution in [3.05, 3.63) is 24.2 Å². The average molecular weight is 660 g/mol. The minimum atomic E-state index is -5.53. The van der Waals surface area contributed by atoms with Crippen LogP contribution in [-0.2, 0) is 39.2 Å². The number of ether oxygens (including phenoxy) is 2. The number of anilines is 1. The zero-order chi connectivity index (χ0) is 31.2. The number of phosphoric ester groups is 1. The van der Waals surface area contributed by atoms with E-state index in [0.717, 1.165) is 6.33 Å². The van der Waals surface area contributed by atoms with Gasteiger partial charge in [0.1, 0.15) is 54.6 Å². The number of terminal acetylenes is 1. The summed E-state index contributed by atoms with van der Waals surface area (Å²) in [5, 5.41) is 64.6. The van der Waals surface area contributed by atoms with Crippen LogP contribution in [0.15, 0.2) is 18.5 Å². The minimum absolute atomic E-state index is 0.0953. The van der Waals surface area contributed by atoms with Gasteiger partial charge in [0.25, 0.3) is 0 Å². The number of phosphoric acid groups is 1. The Bertz CT molecular complexity index is 1430. The largest absolute Gasteiger partial charge is 0.481 e. The first-order valence-corrected chi connectivity index (χ1v) is 15.9. The molecule has 2 aromatic heterocycles. The second-order valence-corrected chi connectivity index (χ2v) is 13.6. The Labute approximate surface area is 240 Å². The highest BCUT2D eigenvalue weighted by Crippen LogP contribution is 2.62. The lowest BCUT2D eigenvalue weighted by Crippen LogP contribution is -2.60. The molecule has 0 aliphatic carbocycles. The number of nitrogen functional groups attached to an aromatic ring is 1. The highest BCUT2D eigenvalue weighted by Gasteiger charge is 2.57. The Morgan fingerprint density at radius 1 is 1.24 bits per heavy atom. The summed E-state index contributed by atoms with van der Waals surface area (Å²) in [5.74, 6) is 2.14. The van der Waals surface area contributed by atoms with Crippen molar-refractivity contribution >= 4 is 37.7 Å². The summed E-state index contributed by atoms with van der Waals surface area (Å²) in [4.78, 5) is 24.3. The van der Waals surface area contributed by atoms with Gasteiger partial charge >= 0.3 is 14.5 Å². The van der Waals surface area contributed by atoms with Crippen molar-refractivity contribution in [3.8, 4) is 12.3 Å². The molecule has 18 nitrogen and oxygen atoms in total. The molecule has 0 radical (unpaired) electrons. The van der Waals surface area contributed by atoms with Gasteiger partial charge in [0, 0.05) is 0 Å². The summed E-state index contributed by atoms with van der Waals surface area (Å²) in [6.07, 6.45) is -11.2. The van der Waals surface area contributed by atoms with Crippen LogP contribution in [0.4, 0.5) is 10.2 Å². The Morgan fingerprint density at radius 3 is 2.57 bits per heavy atom. The maximum absolute atomic E-state index is 13.9. The maximum atomic E-state index is 13.9. The summed E-state index contributed by atoms with van der Waals surface area (Å²) >= 11 is 4.71. The van der Waals surface area contributed by atoms with Gasteiger partial charge in [0.15, 0.2) is 23.9 Å². The third kappa shape index (κ3) is 6.38. The van der Waals surface area contributed by atoms with E-state index in [1.807, 2.05) is 5.92 Å². The molecule has 10 N–H and O–H groups in total. The molecule has 12 atom stereocenters. The molecule has 0 amide bonds. The van der Waals surface area contributed by atoms with Gasteiger partial charge in [-0.1, -0.05) is 5.92 Å². The third-order valence-corrected chi connectivity index (χ3v) is 10.0. The molecular formula is C20H27FN4O14P2S. The number of aromatic nitrogens is 3. The van der Waals surface area contributed by atoms with E-state index < -0.39 is 88.5 Å². The average Bonchev–Trinajstić information content (AvgIpc) is 3.46. The van der Waals surface area contributed by atoms with Gasteiger partial charge in [-0.25, -0.2) is 22.8 Å². The molecule has 0 saturated carbocycles. The van der Waals surface area contributed by atoms with Gasteiger partial charge in [-0.2, -0.15) is 5.10 Å². The summed E-state index contributed by atoms with van der Waals surface area (Å²) < 4.78 is 52.4. The Balaban J connectivity index is 1.44. The second kappa shape index (κ2) is 12.3. The van der Waals surface area contributed by atoms with Gasteiger partial charge in [-0.15, -0.1) is 6.42 Å². The standard InChI is InChI=1S/C20H27FN4O14P2S/c1-2-20(31)16(30)11(36-17(20)9-3-4-10-18(22)23-7-24-25(9)10)6-35-41(34,42)39-40(32,33)38-19-14(29)12(27)13(28)15(37-19)8(21)5-26/h1,3-4,7-8,11-17,19,26-31H,5-6H2,(H,32,33)(H,34,42)(H2,22,23,24)/t8-,11+,12?,13?,14?,15?,16+,17-,19?,20+,41?/m0/s1. The fraction of sp³-hybridized carbons (Fsp3) is 0.600. The van der Waals surface area contributed by atoms with Crippen molar-refractivity contribution in [2.75, 3.05) is 18.9 Å². The molecule has 234 valence electrons. The molecule has 2 saturated heterocycles. The number of hydrogen-bond donors (Lipinski definition) is 9. The van der Waals surface area contributed by atoms with Gasteiger partial charge < -0.3 is 60.2 Å². The molecule has 42 heavy (non-hydrogen) atoms. The molecule has 0 aromatic carbocycles. The van der Waals surface area contributed by atoms with Crippen LogP contribution in [0.3, 0.4) is 0 Å². The molecule has 4 heterocycles. The summed E-state index contributed by atoms with van der Waals surface area (Å²) in [6.45, 7) is -6.79. The number of halogens is 1. The third-order valence-electron chi connectivity index (χ3n) is 6.51. The van der Waals surface area contributed by atoms with Crippen LogP contribution in [0.25, 0.3) is 5.52 Å². The van der Waals surface area contributed by atoms with E-state index in [9.17, 15) is 44.3 Å². The van der Waals surface area contributed by atoms with E-state index in [1.165, 1.54) is 16.6 Å². The summed E-state index contributed by atoms with van der Waals surface area (Å²) in [6, 6.07) is 2.96. The van der Waals surface area contributed by atoms with Crippen LogP contribution in [0.2, 0.25) is 0 Å². The number of nitrogens with two attached hydrogens (primary N) is 1. The molecule has 2 aliphatic rings. The van der Waals surface area contributed by atoms with Gasteiger partial charge in [-0.05, 0) is 23.9 Å². The van der Waals surface area contributed by atoms with Crippen LogP contribution in [0.1, 0.15) is 11.8 Å². The van der Waals surface area contributed by atoms with E-state index in [0.29, 0.717) is 5.52 Å². The quantitative estimate of drug-likeness (QED) is 0.0905. The Hall–Kier alpha value is -1.73. The number of aliphatic hydroxyl groups excluding tert-OH is 5. The highest BCUT2D eigenvalue weighted by molar-refractivity contribution is 8.08. The van der Waals surface area contributed by atoms with E-state index in [-0.39, 0.29) is 11.5 Å². The van der Waals surface area contributed by atoms with Gasteiger partial charge in [0.2, 0.25) is 0 Å². The number of hydrogen-bond acceptors (Lipinski definition) is 16. The molecule has 2 aromatic rings. The lowest BCUT2D eigenvalue weighted by molar-refractivity contribution is -0.287. The van der Waals surface area contributed by atoms with Gasteiger partial charge in [-0.3, -0.25) is 4.52 Å². The first kappa shape index (κ1) is 33.2. The second-order valence-electron chi connectivity index (χ2n) is 9.23. The molecule has 0 spiro atoms. The Kier molecular flexibility index (Phi) is 9.75. The topological polar surface area (TPSA) is 281 Å². The van der Waals surface area contributed by atoms with Crippen LogP contribution in [0.5, 0.6) is 0 Å². The smallest absolute Gasteiger partial charge is 0.393 e. The molecule has 22 heteroatoms. The lowest BCUT2D eigenvalue weighted by Gasteiger charge is -2.41. The van der Waals surface area contributed by atoms with Crippen molar-refractivity contribution in [2.24, 2.45) is 0 Å². The first-order chi connectivity index (χ1) is 19.5. The predicted molar refractivity (Wildman–Crippen MR) is 138 cm³/mol. The molecule has 2 aliphatic heterocycles. The zero-order valence-corrected chi connectivity index (χ0v) is 23.7. The fourth-order valence-corrected chi connectivity index (χ4v) is 7.48. The molecule has 2 fully saturated rings. The zero-order valence-electron chi connectivity index (χ0n) is 21.0.